The van der Waals surface area contributed by atoms with Gasteiger partial charge in [-0.1, -0.05) is 47.2 Å². The van der Waals surface area contributed by atoms with E-state index in [0.717, 1.165) is 37.3 Å². The Hall–Kier alpha value is -3.70. The van der Waals surface area contributed by atoms with Crippen molar-refractivity contribution < 1.29 is 14.3 Å². The zero-order valence-electron chi connectivity index (χ0n) is 23.4. The fourth-order valence-corrected chi connectivity index (χ4v) is 6.63. The Kier molecular flexibility index (Phi) is 8.46. The van der Waals surface area contributed by atoms with Crippen LogP contribution in [0.3, 0.4) is 0 Å². The largest absolute Gasteiger partial charge is 0.497 e. The van der Waals surface area contributed by atoms with Crippen LogP contribution >= 0.6 is 33.9 Å². The highest BCUT2D eigenvalue weighted by Gasteiger charge is 2.32. The molecular weight excluding hydrogens is 649 g/mol. The van der Waals surface area contributed by atoms with E-state index < -0.39 is 6.04 Å². The molecule has 0 spiro atoms. The Balaban J connectivity index is 1.64. The Morgan fingerprint density at radius 2 is 1.85 bits per heavy atom. The highest BCUT2D eigenvalue weighted by Crippen LogP contribution is 2.32. The van der Waals surface area contributed by atoms with Gasteiger partial charge < -0.3 is 14.8 Å². The van der Waals surface area contributed by atoms with E-state index in [1.165, 1.54) is 11.3 Å². The predicted octanol–water partition coefficient (Wildman–Crippen LogP) is 5.50. The zero-order chi connectivity index (χ0) is 29.3. The molecule has 0 unspecified atom stereocenters. The third-order valence-electron chi connectivity index (χ3n) is 6.88. The van der Waals surface area contributed by atoms with Crippen LogP contribution in [0.1, 0.15) is 42.1 Å². The molecule has 1 atom stereocenters. The van der Waals surface area contributed by atoms with E-state index in [0.29, 0.717) is 33.0 Å². The van der Waals surface area contributed by atoms with Crippen LogP contribution in [0.4, 0.5) is 5.69 Å². The normalized spacial score (nSPS) is 14.9. The summed E-state index contributed by atoms with van der Waals surface area (Å²) < 4.78 is 14.1. The number of halogens is 1. The number of carbonyl (C=O) groups excluding carboxylic acids is 1. The summed E-state index contributed by atoms with van der Waals surface area (Å²) in [5.74, 6) is 1.20. The van der Waals surface area contributed by atoms with Crippen molar-refractivity contribution in [2.75, 3.05) is 19.0 Å². The first-order chi connectivity index (χ1) is 19.7. The number of ether oxygens (including phenoxy) is 2. The van der Waals surface area contributed by atoms with Gasteiger partial charge in [0.2, 0.25) is 0 Å². The van der Waals surface area contributed by atoms with Crippen molar-refractivity contribution in [1.29, 1.82) is 0 Å². The third-order valence-corrected chi connectivity index (χ3v) is 8.71. The average molecular weight is 680 g/mol. The van der Waals surface area contributed by atoms with Crippen molar-refractivity contribution in [3.63, 3.8) is 0 Å². The predicted molar refractivity (Wildman–Crippen MR) is 172 cm³/mol. The molecule has 5 rings (SSSR count). The van der Waals surface area contributed by atoms with Gasteiger partial charge in [-0.3, -0.25) is 14.2 Å². The second kappa shape index (κ2) is 12.0. The molecule has 41 heavy (non-hydrogen) atoms. The zero-order valence-corrected chi connectivity index (χ0v) is 26.4. The molecule has 1 aromatic heterocycles. The van der Waals surface area contributed by atoms with E-state index in [9.17, 15) is 9.59 Å². The third kappa shape index (κ3) is 5.87. The summed E-state index contributed by atoms with van der Waals surface area (Å²) >= 11 is 3.55. The summed E-state index contributed by atoms with van der Waals surface area (Å²) in [6.07, 6.45) is 1.86. The second-order valence-corrected chi connectivity index (χ2v) is 11.9. The minimum Gasteiger partial charge on any atom is -0.497 e. The van der Waals surface area contributed by atoms with Crippen molar-refractivity contribution >= 4 is 51.6 Å². The molecule has 0 saturated carbocycles. The van der Waals surface area contributed by atoms with Crippen LogP contribution in [0.25, 0.3) is 6.08 Å². The molecule has 0 bridgehead atoms. The number of rotatable bonds is 7. The lowest BCUT2D eigenvalue weighted by Gasteiger charge is -2.25. The van der Waals surface area contributed by atoms with Crippen molar-refractivity contribution in [3.8, 4) is 11.5 Å². The molecule has 1 N–H and O–H groups in total. The molecule has 4 aromatic rings. The molecule has 0 fully saturated rings. The van der Waals surface area contributed by atoms with Gasteiger partial charge in [0.05, 0.1) is 39.1 Å². The number of carbonyl (C=O) groups is 1. The summed E-state index contributed by atoms with van der Waals surface area (Å²) in [6, 6.07) is 18.5. The van der Waals surface area contributed by atoms with Crippen molar-refractivity contribution in [2.45, 2.75) is 33.7 Å². The van der Waals surface area contributed by atoms with Gasteiger partial charge in [0.15, 0.2) is 4.80 Å². The molecule has 3 aromatic carbocycles. The van der Waals surface area contributed by atoms with Crippen LogP contribution in [0, 0.1) is 17.4 Å². The van der Waals surface area contributed by atoms with E-state index in [4.69, 9.17) is 14.5 Å². The van der Waals surface area contributed by atoms with Gasteiger partial charge in [0.25, 0.3) is 11.5 Å². The number of methoxy groups -OCH3 is 1. The van der Waals surface area contributed by atoms with Crippen LogP contribution in [-0.2, 0) is 4.79 Å². The Morgan fingerprint density at radius 1 is 1.10 bits per heavy atom. The Labute approximate surface area is 256 Å². The monoisotopic (exact) mass is 679 g/mol. The smallest absolute Gasteiger partial charge is 0.271 e. The lowest BCUT2D eigenvalue weighted by Crippen LogP contribution is -2.40. The Morgan fingerprint density at radius 3 is 2.51 bits per heavy atom. The topological polar surface area (TPSA) is 81.9 Å². The van der Waals surface area contributed by atoms with Crippen molar-refractivity contribution in [1.82, 2.24) is 4.57 Å². The molecular formula is C32H30IN3O4S. The van der Waals surface area contributed by atoms with E-state index in [2.05, 4.69) is 27.9 Å². The molecule has 1 amide bonds. The van der Waals surface area contributed by atoms with Gasteiger partial charge in [-0.15, -0.1) is 0 Å². The van der Waals surface area contributed by atoms with Crippen LogP contribution < -0.4 is 29.7 Å². The van der Waals surface area contributed by atoms with E-state index >= 15 is 0 Å². The minimum absolute atomic E-state index is 0.206. The number of fused-ring (bicyclic) bond motifs is 1. The van der Waals surface area contributed by atoms with Gasteiger partial charge >= 0.3 is 0 Å². The molecule has 9 heteroatoms. The van der Waals surface area contributed by atoms with Crippen LogP contribution in [0.15, 0.2) is 81.7 Å². The van der Waals surface area contributed by atoms with Gasteiger partial charge in [-0.25, -0.2) is 4.99 Å². The lowest BCUT2D eigenvalue weighted by molar-refractivity contribution is -0.113. The number of aryl methyl sites for hydroxylation is 2. The van der Waals surface area contributed by atoms with Crippen molar-refractivity contribution in [2.24, 2.45) is 4.99 Å². The summed E-state index contributed by atoms with van der Waals surface area (Å²) in [6.45, 7) is 8.32. The number of anilines is 1. The molecule has 1 aliphatic heterocycles. The van der Waals surface area contributed by atoms with Gasteiger partial charge in [-0.2, -0.15) is 0 Å². The number of nitrogens with zero attached hydrogens (tertiary/aromatic N) is 2. The van der Waals surface area contributed by atoms with Gasteiger partial charge in [0, 0.05) is 5.69 Å². The first-order valence-corrected chi connectivity index (χ1v) is 15.1. The first kappa shape index (κ1) is 28.8. The van der Waals surface area contributed by atoms with Crippen LogP contribution in [0.5, 0.6) is 11.5 Å². The highest BCUT2D eigenvalue weighted by atomic mass is 127. The minimum atomic E-state index is -0.662. The first-order valence-electron chi connectivity index (χ1n) is 13.2. The van der Waals surface area contributed by atoms with Crippen LogP contribution in [-0.4, -0.2) is 24.2 Å². The Bertz CT molecular complexity index is 1860. The quantitative estimate of drug-likeness (QED) is 0.262. The number of amides is 1. The summed E-state index contributed by atoms with van der Waals surface area (Å²) in [7, 11) is 1.60. The number of hydrogen-bond acceptors (Lipinski definition) is 6. The summed E-state index contributed by atoms with van der Waals surface area (Å²) in [5.41, 5.74) is 5.24. The molecule has 2 heterocycles. The maximum atomic E-state index is 14.0. The van der Waals surface area contributed by atoms with Crippen molar-refractivity contribution in [3.05, 3.63) is 117 Å². The van der Waals surface area contributed by atoms with Crippen LogP contribution in [0.2, 0.25) is 0 Å². The molecule has 0 aliphatic carbocycles. The molecule has 210 valence electrons. The molecule has 1 aliphatic rings. The van der Waals surface area contributed by atoms with E-state index in [-0.39, 0.29) is 11.5 Å². The fraction of sp³-hybridized carbons (Fsp3) is 0.219. The van der Waals surface area contributed by atoms with Gasteiger partial charge in [0.1, 0.15) is 11.5 Å². The molecule has 7 nitrogen and oxygen atoms in total. The number of hydrogen-bond donors (Lipinski definition) is 1. The summed E-state index contributed by atoms with van der Waals surface area (Å²) in [4.78, 5) is 33.2. The lowest BCUT2D eigenvalue weighted by atomic mass is 9.95. The average Bonchev–Trinajstić information content (AvgIpc) is 3.25. The maximum Gasteiger partial charge on any atom is 0.271 e. The number of nitrogens with one attached hydrogen (secondary N) is 1. The standard InChI is InChI=1S/C32H30IN3O4S/c1-6-40-26-14-8-21(16-24(26)33)17-27-31(38)36-29(22-9-11-23(39-5)12-10-22)28(20(4)34-32(36)41-27)30(37)35-25-13-7-18(2)15-19(25)3/h7-17,29H,6H2,1-5H3,(H,35,37)/b27-17+/t29-/m1/s1. The number of allylic oxidation sites excluding steroid dienone is 1. The van der Waals surface area contributed by atoms with Gasteiger partial charge in [-0.05, 0) is 103 Å². The highest BCUT2D eigenvalue weighted by molar-refractivity contribution is 14.1. The van der Waals surface area contributed by atoms with E-state index in [1.54, 1.807) is 11.7 Å². The number of benzene rings is 3. The fourth-order valence-electron chi connectivity index (χ4n) is 4.89. The number of aromatic nitrogens is 1. The molecule has 0 radical (unpaired) electrons. The van der Waals surface area contributed by atoms with E-state index in [1.807, 2.05) is 94.4 Å². The summed E-state index contributed by atoms with van der Waals surface area (Å²) in [5, 5.41) is 3.06. The molecule has 0 saturated heterocycles. The number of thiazole rings is 1. The second-order valence-electron chi connectivity index (χ2n) is 9.75. The maximum absolute atomic E-state index is 14.0. The SMILES string of the molecule is CCOc1ccc(/C=c2/sc3n(c2=O)[C@H](c2ccc(OC)cc2)C(C(=O)Nc2ccc(C)cc2C)=C(C)N=3)cc1I.